The van der Waals surface area contributed by atoms with Gasteiger partial charge in [0, 0.05) is 0 Å². The van der Waals surface area contributed by atoms with E-state index in [4.69, 9.17) is 0 Å². The van der Waals surface area contributed by atoms with Gasteiger partial charge in [0.1, 0.15) is 0 Å². The van der Waals surface area contributed by atoms with Crippen LogP contribution in [0.15, 0.2) is 0 Å². The minimum atomic E-state index is 0.611. The second-order valence-electron chi connectivity index (χ2n) is 4.26. The van der Waals surface area contributed by atoms with Gasteiger partial charge in [-0.15, -0.1) is 0 Å². The molecule has 0 amide bonds. The zero-order valence-electron chi connectivity index (χ0n) is 7.23. The molecule has 1 fully saturated rings. The molecule has 0 radical (unpaired) electrons. The molecule has 0 aromatic heterocycles. The van der Waals surface area contributed by atoms with E-state index in [1.54, 1.807) is 0 Å². The summed E-state index contributed by atoms with van der Waals surface area (Å²) in [6.45, 7) is 11.8. The first kappa shape index (κ1) is 7.11. The molecule has 1 saturated carbocycles. The van der Waals surface area contributed by atoms with Gasteiger partial charge in [0.05, 0.1) is 0 Å². The predicted octanol–water partition coefficient (Wildman–Crippen LogP) is 2.93. The molecule has 0 saturated heterocycles. The summed E-state index contributed by atoms with van der Waals surface area (Å²) in [5, 5.41) is 0. The van der Waals surface area contributed by atoms with Crippen molar-refractivity contribution >= 4 is 0 Å². The molecule has 2 atom stereocenters. The van der Waals surface area contributed by atoms with Crippen molar-refractivity contribution in [3.63, 3.8) is 0 Å². The summed E-state index contributed by atoms with van der Waals surface area (Å²) in [6.07, 6.45) is 0. The van der Waals surface area contributed by atoms with E-state index in [2.05, 4.69) is 34.6 Å². The smallest absolute Gasteiger partial charge is 0.0298 e. The highest BCUT2D eigenvalue weighted by Gasteiger charge is 2.48. The number of hydrogen-bond acceptors (Lipinski definition) is 0. The van der Waals surface area contributed by atoms with Crippen molar-refractivity contribution in [1.82, 2.24) is 0 Å². The summed E-state index contributed by atoms with van der Waals surface area (Å²) in [5.41, 5.74) is 0.611. The highest BCUT2D eigenvalue weighted by atomic mass is 14.5. The topological polar surface area (TPSA) is 0 Å². The zero-order valence-corrected chi connectivity index (χ0v) is 7.23. The molecule has 0 spiro atoms. The van der Waals surface area contributed by atoms with Gasteiger partial charge in [-0.05, 0) is 23.2 Å². The van der Waals surface area contributed by atoms with E-state index in [1.165, 1.54) is 0 Å². The van der Waals surface area contributed by atoms with Crippen molar-refractivity contribution in [2.45, 2.75) is 34.6 Å². The summed E-state index contributed by atoms with van der Waals surface area (Å²) >= 11 is 0. The molecule has 0 aliphatic heterocycles. The van der Waals surface area contributed by atoms with Crippen LogP contribution < -0.4 is 0 Å². The van der Waals surface area contributed by atoms with Crippen molar-refractivity contribution in [2.24, 2.45) is 23.2 Å². The lowest BCUT2D eigenvalue weighted by Crippen LogP contribution is -2.49. The first-order valence-electron chi connectivity index (χ1n) is 3.98. The summed E-state index contributed by atoms with van der Waals surface area (Å²) in [7, 11) is 0. The molecule has 1 aliphatic carbocycles. The Morgan fingerprint density at radius 1 is 0.889 bits per heavy atom. The number of rotatable bonds is 0. The van der Waals surface area contributed by atoms with Crippen LogP contribution in [-0.4, -0.2) is 0 Å². The Hall–Kier alpha value is 0. The molecule has 0 aromatic rings. The third-order valence-electron chi connectivity index (χ3n) is 3.92. The van der Waals surface area contributed by atoms with E-state index in [1.807, 2.05) is 0 Å². The molecular weight excluding hydrogens is 108 g/mol. The lowest BCUT2D eigenvalue weighted by molar-refractivity contribution is -0.0647. The lowest BCUT2D eigenvalue weighted by atomic mass is 9.50. The van der Waals surface area contributed by atoms with Crippen LogP contribution >= 0.6 is 0 Å². The van der Waals surface area contributed by atoms with Crippen molar-refractivity contribution < 1.29 is 0 Å². The monoisotopic (exact) mass is 126 g/mol. The molecule has 2 unspecified atom stereocenters. The second-order valence-corrected chi connectivity index (χ2v) is 4.26. The normalized spacial score (nSPS) is 48.3. The van der Waals surface area contributed by atoms with E-state index in [0.717, 1.165) is 17.8 Å². The van der Waals surface area contributed by atoms with Crippen LogP contribution in [0, 0.1) is 23.2 Å². The van der Waals surface area contributed by atoms with Gasteiger partial charge in [-0.25, -0.2) is 0 Å². The van der Waals surface area contributed by atoms with E-state index in [0.29, 0.717) is 5.41 Å². The summed E-state index contributed by atoms with van der Waals surface area (Å²) in [5.74, 6) is 2.79. The van der Waals surface area contributed by atoms with Gasteiger partial charge in [-0.2, -0.15) is 0 Å². The van der Waals surface area contributed by atoms with E-state index in [9.17, 15) is 0 Å². The number of hydrogen-bond donors (Lipinski definition) is 0. The summed E-state index contributed by atoms with van der Waals surface area (Å²) in [4.78, 5) is 0. The van der Waals surface area contributed by atoms with Crippen molar-refractivity contribution in [3.8, 4) is 0 Å². The Morgan fingerprint density at radius 2 is 1.22 bits per heavy atom. The average Bonchev–Trinajstić information content (AvgIpc) is 1.84. The Morgan fingerprint density at radius 3 is 1.33 bits per heavy atom. The van der Waals surface area contributed by atoms with Gasteiger partial charge in [-0.1, -0.05) is 34.6 Å². The molecule has 54 valence electrons. The Labute approximate surface area is 58.7 Å². The zero-order chi connectivity index (χ0) is 7.23. The van der Waals surface area contributed by atoms with Crippen LogP contribution in [0.4, 0.5) is 0 Å². The molecule has 0 nitrogen and oxygen atoms in total. The maximum Gasteiger partial charge on any atom is -0.0298 e. The maximum absolute atomic E-state index is 2.38. The first-order chi connectivity index (χ1) is 3.98. The van der Waals surface area contributed by atoms with Crippen molar-refractivity contribution in [1.29, 1.82) is 0 Å². The Kier molecular flexibility index (Phi) is 1.38. The van der Waals surface area contributed by atoms with Crippen LogP contribution in [0.2, 0.25) is 0 Å². The highest BCUT2D eigenvalue weighted by Crippen LogP contribution is 2.54. The average molecular weight is 126 g/mol. The van der Waals surface area contributed by atoms with E-state index < -0.39 is 0 Å². The Balaban J connectivity index is 2.62. The molecule has 0 N–H and O–H groups in total. The van der Waals surface area contributed by atoms with Gasteiger partial charge in [-0.3, -0.25) is 0 Å². The highest BCUT2D eigenvalue weighted by molar-refractivity contribution is 4.96. The summed E-state index contributed by atoms with van der Waals surface area (Å²) in [6, 6.07) is 0. The van der Waals surface area contributed by atoms with Crippen molar-refractivity contribution in [2.75, 3.05) is 0 Å². The Bertz CT molecular complexity index is 101. The third kappa shape index (κ3) is 0.720. The van der Waals surface area contributed by atoms with Gasteiger partial charge in [0.15, 0.2) is 0 Å². The van der Waals surface area contributed by atoms with Crippen LogP contribution in [0.1, 0.15) is 34.6 Å². The molecule has 9 heavy (non-hydrogen) atoms. The first-order valence-corrected chi connectivity index (χ1v) is 3.98. The van der Waals surface area contributed by atoms with Crippen molar-refractivity contribution in [3.05, 3.63) is 0 Å². The SMILES string of the molecule is CC1C(C)C(C)(C)C1C. The molecular formula is C9H18. The fourth-order valence-electron chi connectivity index (χ4n) is 2.08. The van der Waals surface area contributed by atoms with Gasteiger partial charge < -0.3 is 0 Å². The minimum Gasteiger partial charge on any atom is -0.0620 e. The van der Waals surface area contributed by atoms with E-state index >= 15 is 0 Å². The van der Waals surface area contributed by atoms with Gasteiger partial charge in [0.25, 0.3) is 0 Å². The van der Waals surface area contributed by atoms with Crippen LogP contribution in [0.5, 0.6) is 0 Å². The molecule has 1 aliphatic rings. The largest absolute Gasteiger partial charge is 0.0620 e. The standard InChI is InChI=1S/C9H18/c1-6-7(2)9(4,5)8(6)3/h6-8H,1-5H3. The second kappa shape index (κ2) is 1.74. The third-order valence-corrected chi connectivity index (χ3v) is 3.92. The molecule has 0 aromatic carbocycles. The molecule has 0 bridgehead atoms. The lowest BCUT2D eigenvalue weighted by Gasteiger charge is -2.55. The molecule has 1 rings (SSSR count). The molecule has 0 heterocycles. The fourth-order valence-corrected chi connectivity index (χ4v) is 2.08. The fraction of sp³-hybridized carbons (Fsp3) is 1.00. The van der Waals surface area contributed by atoms with E-state index in [-0.39, 0.29) is 0 Å². The van der Waals surface area contributed by atoms with Gasteiger partial charge >= 0.3 is 0 Å². The predicted molar refractivity (Wildman–Crippen MR) is 41.3 cm³/mol. The van der Waals surface area contributed by atoms with Crippen LogP contribution in [0.3, 0.4) is 0 Å². The van der Waals surface area contributed by atoms with Gasteiger partial charge in [0.2, 0.25) is 0 Å². The van der Waals surface area contributed by atoms with Crippen LogP contribution in [-0.2, 0) is 0 Å². The summed E-state index contributed by atoms with van der Waals surface area (Å²) < 4.78 is 0. The quantitative estimate of drug-likeness (QED) is 0.468. The maximum atomic E-state index is 2.38. The minimum absolute atomic E-state index is 0.611. The molecule has 0 heteroatoms. The van der Waals surface area contributed by atoms with Crippen LogP contribution in [0.25, 0.3) is 0 Å².